The molecule has 4 nitrogen and oxygen atoms in total. The van der Waals surface area contributed by atoms with Crippen LogP contribution < -0.4 is 5.73 Å². The lowest BCUT2D eigenvalue weighted by Crippen LogP contribution is -2.09. The molecule has 0 saturated carbocycles. The molecule has 1 rings (SSSR count). The maximum absolute atomic E-state index is 12.1. The Morgan fingerprint density at radius 2 is 1.89 bits per heavy atom. The zero-order valence-corrected chi connectivity index (χ0v) is 12.8. The van der Waals surface area contributed by atoms with Gasteiger partial charge in [0.25, 0.3) is 0 Å². The fourth-order valence-electron chi connectivity index (χ4n) is 1.53. The third kappa shape index (κ3) is 5.95. The molecule has 0 aliphatic heterocycles. The number of ether oxygens (including phenoxy) is 1. The van der Waals surface area contributed by atoms with E-state index in [0.29, 0.717) is 17.2 Å². The number of thioether (sulfide) groups is 1. The van der Waals surface area contributed by atoms with Gasteiger partial charge in [-0.3, -0.25) is 0 Å². The van der Waals surface area contributed by atoms with E-state index in [1.807, 2.05) is 0 Å². The predicted molar refractivity (Wildman–Crippen MR) is 80.2 cm³/mol. The lowest BCUT2D eigenvalue weighted by molar-refractivity contribution is 0.200. The average molecular weight is 303 g/mol. The van der Waals surface area contributed by atoms with E-state index in [4.69, 9.17) is 10.5 Å². The van der Waals surface area contributed by atoms with Crippen LogP contribution in [0, 0.1) is 0 Å². The van der Waals surface area contributed by atoms with Crippen molar-refractivity contribution in [1.82, 2.24) is 0 Å². The van der Waals surface area contributed by atoms with Crippen molar-refractivity contribution in [2.75, 3.05) is 31.0 Å². The van der Waals surface area contributed by atoms with E-state index >= 15 is 0 Å². The highest BCUT2D eigenvalue weighted by Gasteiger charge is 2.13. The third-order valence-corrected chi connectivity index (χ3v) is 5.71. The van der Waals surface area contributed by atoms with Gasteiger partial charge in [0, 0.05) is 26.0 Å². The van der Waals surface area contributed by atoms with E-state index in [1.165, 1.54) is 0 Å². The second-order valence-electron chi connectivity index (χ2n) is 4.13. The van der Waals surface area contributed by atoms with Crippen LogP contribution in [0.4, 0.5) is 0 Å². The van der Waals surface area contributed by atoms with Crippen LogP contribution in [0.15, 0.2) is 29.2 Å². The normalized spacial score (nSPS) is 11.7. The van der Waals surface area contributed by atoms with Crippen LogP contribution in [0.1, 0.15) is 12.0 Å². The quantitative estimate of drug-likeness (QED) is 0.703. The van der Waals surface area contributed by atoms with Crippen molar-refractivity contribution in [3.63, 3.8) is 0 Å². The molecule has 0 radical (unpaired) electrons. The molecule has 1 aromatic carbocycles. The largest absolute Gasteiger partial charge is 0.385 e. The van der Waals surface area contributed by atoms with Gasteiger partial charge >= 0.3 is 0 Å². The second kappa shape index (κ2) is 8.58. The van der Waals surface area contributed by atoms with Crippen LogP contribution in [0.25, 0.3) is 0 Å². The van der Waals surface area contributed by atoms with E-state index in [1.54, 1.807) is 43.1 Å². The minimum absolute atomic E-state index is 0.173. The van der Waals surface area contributed by atoms with E-state index in [0.717, 1.165) is 24.3 Å². The van der Waals surface area contributed by atoms with Gasteiger partial charge in [0.15, 0.2) is 9.84 Å². The molecule has 19 heavy (non-hydrogen) atoms. The smallest absolute Gasteiger partial charge is 0.179 e. The van der Waals surface area contributed by atoms with E-state index in [-0.39, 0.29) is 5.75 Å². The molecule has 2 N–H and O–H groups in total. The molecule has 0 atom stereocenters. The first-order valence-electron chi connectivity index (χ1n) is 6.18. The van der Waals surface area contributed by atoms with Crippen molar-refractivity contribution in [1.29, 1.82) is 0 Å². The van der Waals surface area contributed by atoms with Gasteiger partial charge in [-0.15, -0.1) is 0 Å². The second-order valence-corrected chi connectivity index (χ2v) is 7.46. The molecular formula is C13H21NO3S2. The van der Waals surface area contributed by atoms with Crippen molar-refractivity contribution < 1.29 is 13.2 Å². The molecule has 0 heterocycles. The summed E-state index contributed by atoms with van der Waals surface area (Å²) >= 11 is 1.64. The molecule has 0 aliphatic carbocycles. The van der Waals surface area contributed by atoms with Gasteiger partial charge in [0.2, 0.25) is 0 Å². The molecule has 0 bridgehead atoms. The summed E-state index contributed by atoms with van der Waals surface area (Å²) < 4.78 is 29.0. The van der Waals surface area contributed by atoms with Gasteiger partial charge in [0.1, 0.15) is 0 Å². The molecule has 0 fully saturated rings. The molecule has 0 aliphatic rings. The van der Waals surface area contributed by atoms with Crippen LogP contribution >= 0.6 is 11.8 Å². The minimum Gasteiger partial charge on any atom is -0.385 e. The molecule has 1 aromatic rings. The lowest BCUT2D eigenvalue weighted by Gasteiger charge is -2.05. The number of methoxy groups -OCH3 is 1. The summed E-state index contributed by atoms with van der Waals surface area (Å²) in [5.74, 6) is 1.72. The monoisotopic (exact) mass is 303 g/mol. The molecule has 108 valence electrons. The molecule has 0 amide bonds. The molecule has 0 aromatic heterocycles. The number of sulfone groups is 1. The van der Waals surface area contributed by atoms with Crippen LogP contribution in [-0.2, 0) is 21.1 Å². The Bertz CT molecular complexity index is 457. The molecule has 0 unspecified atom stereocenters. The SMILES string of the molecule is COCCCSCCS(=O)(=O)c1ccc(CN)cc1. The zero-order chi connectivity index (χ0) is 14.1. The number of hydrogen-bond donors (Lipinski definition) is 1. The highest BCUT2D eigenvalue weighted by molar-refractivity contribution is 8.00. The third-order valence-electron chi connectivity index (χ3n) is 2.65. The summed E-state index contributed by atoms with van der Waals surface area (Å²) in [5.41, 5.74) is 6.42. The van der Waals surface area contributed by atoms with Crippen LogP contribution in [0.5, 0.6) is 0 Å². The van der Waals surface area contributed by atoms with Crippen molar-refractivity contribution in [2.45, 2.75) is 17.9 Å². The van der Waals surface area contributed by atoms with Crippen LogP contribution in [0.3, 0.4) is 0 Å². The summed E-state index contributed by atoms with van der Waals surface area (Å²) in [6.45, 7) is 1.15. The predicted octanol–water partition coefficient (Wildman–Crippen LogP) is 1.69. The van der Waals surface area contributed by atoms with Crippen molar-refractivity contribution in [3.8, 4) is 0 Å². The fraction of sp³-hybridized carbons (Fsp3) is 0.538. The van der Waals surface area contributed by atoms with Gasteiger partial charge in [-0.1, -0.05) is 12.1 Å². The Kier molecular flexibility index (Phi) is 7.45. The Hall–Kier alpha value is -0.560. The summed E-state index contributed by atoms with van der Waals surface area (Å²) in [5, 5.41) is 0. The van der Waals surface area contributed by atoms with E-state index in [2.05, 4.69) is 0 Å². The fourth-order valence-corrected chi connectivity index (χ4v) is 4.19. The zero-order valence-electron chi connectivity index (χ0n) is 11.2. The maximum atomic E-state index is 12.1. The van der Waals surface area contributed by atoms with E-state index < -0.39 is 9.84 Å². The standard InChI is InChI=1S/C13H21NO3S2/c1-17-7-2-8-18-9-10-19(15,16)13-5-3-12(11-14)4-6-13/h3-6H,2,7-11,14H2,1H3. The van der Waals surface area contributed by atoms with Gasteiger partial charge in [-0.05, 0) is 29.9 Å². The minimum atomic E-state index is -3.17. The number of hydrogen-bond acceptors (Lipinski definition) is 5. The van der Waals surface area contributed by atoms with Gasteiger partial charge in [0.05, 0.1) is 10.6 Å². The first-order valence-corrected chi connectivity index (χ1v) is 8.99. The number of benzene rings is 1. The average Bonchev–Trinajstić information content (AvgIpc) is 2.43. The van der Waals surface area contributed by atoms with Gasteiger partial charge in [-0.25, -0.2) is 8.42 Å². The first-order chi connectivity index (χ1) is 9.10. The topological polar surface area (TPSA) is 69.4 Å². The lowest BCUT2D eigenvalue weighted by atomic mass is 10.2. The highest BCUT2D eigenvalue weighted by atomic mass is 32.2. The Balaban J connectivity index is 2.42. The van der Waals surface area contributed by atoms with Gasteiger partial charge < -0.3 is 10.5 Å². The number of rotatable bonds is 9. The molecule has 6 heteroatoms. The van der Waals surface area contributed by atoms with Crippen LogP contribution in [-0.4, -0.2) is 39.4 Å². The Labute approximate surface area is 119 Å². The first kappa shape index (κ1) is 16.5. The highest BCUT2D eigenvalue weighted by Crippen LogP contribution is 2.14. The van der Waals surface area contributed by atoms with Crippen LogP contribution in [0.2, 0.25) is 0 Å². The van der Waals surface area contributed by atoms with Gasteiger partial charge in [-0.2, -0.15) is 11.8 Å². The number of nitrogens with two attached hydrogens (primary N) is 1. The Morgan fingerprint density at radius 1 is 1.21 bits per heavy atom. The summed E-state index contributed by atoms with van der Waals surface area (Å²) in [6.07, 6.45) is 0.951. The van der Waals surface area contributed by atoms with Crippen molar-refractivity contribution >= 4 is 21.6 Å². The molecule has 0 spiro atoms. The summed E-state index contributed by atoms with van der Waals surface area (Å²) in [4.78, 5) is 0.377. The Morgan fingerprint density at radius 3 is 2.47 bits per heavy atom. The van der Waals surface area contributed by atoms with Crippen molar-refractivity contribution in [2.24, 2.45) is 5.73 Å². The summed E-state index contributed by atoms with van der Waals surface area (Å²) in [6, 6.07) is 6.79. The molecule has 0 saturated heterocycles. The van der Waals surface area contributed by atoms with Crippen molar-refractivity contribution in [3.05, 3.63) is 29.8 Å². The van der Waals surface area contributed by atoms with E-state index in [9.17, 15) is 8.42 Å². The maximum Gasteiger partial charge on any atom is 0.179 e. The molecular weight excluding hydrogens is 282 g/mol. The summed E-state index contributed by atoms with van der Waals surface area (Å²) in [7, 11) is -1.50.